The maximum absolute atomic E-state index is 12.8. The number of halogens is 1. The highest BCUT2D eigenvalue weighted by Gasteiger charge is 2.23. The van der Waals surface area contributed by atoms with Gasteiger partial charge in [0.2, 0.25) is 0 Å². The van der Waals surface area contributed by atoms with Gasteiger partial charge in [-0.15, -0.1) is 10.2 Å². The van der Waals surface area contributed by atoms with Crippen molar-refractivity contribution in [2.45, 2.75) is 26.7 Å². The Bertz CT molecular complexity index is 1090. The van der Waals surface area contributed by atoms with Gasteiger partial charge in [-0.25, -0.2) is 0 Å². The highest BCUT2D eigenvalue weighted by molar-refractivity contribution is 6.30. The van der Waals surface area contributed by atoms with Gasteiger partial charge in [-0.1, -0.05) is 49.7 Å². The number of carbonyl (C=O) groups is 1. The summed E-state index contributed by atoms with van der Waals surface area (Å²) in [4.78, 5) is 16.8. The second kappa shape index (κ2) is 10.2. The SMILES string of the molecule is Cc1ccc(C(C)C)c(OCC(=O)N2CCN(c3ccc(-c4ccc(Cl)cc4)nn3)CC2)c1. The smallest absolute Gasteiger partial charge is 0.260 e. The van der Waals surface area contributed by atoms with Crippen molar-refractivity contribution in [3.8, 4) is 17.0 Å². The number of anilines is 1. The second-order valence-corrected chi connectivity index (χ2v) is 9.07. The normalized spacial score (nSPS) is 14.0. The Morgan fingerprint density at radius 3 is 2.36 bits per heavy atom. The molecule has 2 aromatic carbocycles. The van der Waals surface area contributed by atoms with E-state index in [-0.39, 0.29) is 12.5 Å². The molecule has 1 fully saturated rings. The summed E-state index contributed by atoms with van der Waals surface area (Å²) in [5.74, 6) is 1.96. The van der Waals surface area contributed by atoms with Crippen LogP contribution in [0.4, 0.5) is 5.82 Å². The topological polar surface area (TPSA) is 58.6 Å². The molecule has 0 N–H and O–H groups in total. The Morgan fingerprint density at radius 2 is 1.73 bits per heavy atom. The molecular weight excluding hydrogens is 436 g/mol. The molecule has 0 bridgehead atoms. The number of piperazine rings is 1. The van der Waals surface area contributed by atoms with Gasteiger partial charge in [0.25, 0.3) is 5.91 Å². The molecule has 0 unspecified atom stereocenters. The van der Waals surface area contributed by atoms with E-state index in [1.165, 1.54) is 0 Å². The van der Waals surface area contributed by atoms with Gasteiger partial charge in [-0.05, 0) is 54.3 Å². The minimum absolute atomic E-state index is 0.00929. The fraction of sp³-hybridized carbons (Fsp3) is 0.346. The van der Waals surface area contributed by atoms with Crippen LogP contribution in [-0.4, -0.2) is 53.8 Å². The zero-order valence-corrected chi connectivity index (χ0v) is 20.0. The molecule has 0 radical (unpaired) electrons. The van der Waals surface area contributed by atoms with Crippen LogP contribution in [0.25, 0.3) is 11.3 Å². The highest BCUT2D eigenvalue weighted by atomic mass is 35.5. The summed E-state index contributed by atoms with van der Waals surface area (Å²) in [6.45, 7) is 9.03. The maximum atomic E-state index is 12.8. The van der Waals surface area contributed by atoms with Gasteiger partial charge in [0, 0.05) is 36.8 Å². The molecule has 3 aromatic rings. The van der Waals surface area contributed by atoms with Crippen LogP contribution < -0.4 is 9.64 Å². The largest absolute Gasteiger partial charge is 0.483 e. The molecule has 1 saturated heterocycles. The van der Waals surface area contributed by atoms with Crippen molar-refractivity contribution >= 4 is 23.3 Å². The van der Waals surface area contributed by atoms with E-state index in [9.17, 15) is 4.79 Å². The molecule has 2 heterocycles. The summed E-state index contributed by atoms with van der Waals surface area (Å²) < 4.78 is 5.93. The minimum atomic E-state index is 0.00929. The number of amides is 1. The first kappa shape index (κ1) is 23.1. The van der Waals surface area contributed by atoms with Gasteiger partial charge in [0.15, 0.2) is 12.4 Å². The number of carbonyl (C=O) groups excluding carboxylic acids is 1. The standard InChI is InChI=1S/C26H29ClN4O2/c1-18(2)22-9-4-19(3)16-24(22)33-17-26(32)31-14-12-30(13-15-31)25-11-10-23(28-29-25)20-5-7-21(27)8-6-20/h4-11,16,18H,12-15,17H2,1-3H3. The number of nitrogens with zero attached hydrogens (tertiary/aromatic N) is 4. The van der Waals surface area contributed by atoms with Crippen LogP contribution in [0, 0.1) is 6.92 Å². The monoisotopic (exact) mass is 464 g/mol. The molecule has 7 heteroatoms. The lowest BCUT2D eigenvalue weighted by atomic mass is 10.0. The van der Waals surface area contributed by atoms with E-state index >= 15 is 0 Å². The van der Waals surface area contributed by atoms with E-state index in [1.807, 2.05) is 54.3 Å². The van der Waals surface area contributed by atoms with Crippen molar-refractivity contribution in [3.05, 3.63) is 70.7 Å². The fourth-order valence-corrected chi connectivity index (χ4v) is 4.05. The van der Waals surface area contributed by atoms with Crippen molar-refractivity contribution in [1.82, 2.24) is 15.1 Å². The van der Waals surface area contributed by atoms with Crippen molar-refractivity contribution in [1.29, 1.82) is 0 Å². The zero-order chi connectivity index (χ0) is 23.4. The molecule has 172 valence electrons. The van der Waals surface area contributed by atoms with Crippen LogP contribution in [0.15, 0.2) is 54.6 Å². The molecule has 0 aliphatic carbocycles. The van der Waals surface area contributed by atoms with Crippen LogP contribution in [0.2, 0.25) is 5.02 Å². The van der Waals surface area contributed by atoms with Gasteiger partial charge in [-0.2, -0.15) is 0 Å². The summed E-state index contributed by atoms with van der Waals surface area (Å²) in [5.41, 5.74) is 4.03. The van der Waals surface area contributed by atoms with Crippen molar-refractivity contribution in [2.24, 2.45) is 0 Å². The minimum Gasteiger partial charge on any atom is -0.483 e. The van der Waals surface area contributed by atoms with Crippen molar-refractivity contribution in [3.63, 3.8) is 0 Å². The van der Waals surface area contributed by atoms with Gasteiger partial charge in [0.1, 0.15) is 5.75 Å². The first-order chi connectivity index (χ1) is 15.9. The summed E-state index contributed by atoms with van der Waals surface area (Å²) in [6, 6.07) is 17.6. The Balaban J connectivity index is 1.31. The Hall–Kier alpha value is -3.12. The lowest BCUT2D eigenvalue weighted by molar-refractivity contribution is -0.133. The van der Waals surface area contributed by atoms with E-state index in [0.717, 1.165) is 34.0 Å². The summed E-state index contributed by atoms with van der Waals surface area (Å²) in [5, 5.41) is 9.46. The summed E-state index contributed by atoms with van der Waals surface area (Å²) in [6.07, 6.45) is 0. The molecule has 1 amide bonds. The number of aryl methyl sites for hydroxylation is 1. The van der Waals surface area contributed by atoms with Crippen molar-refractivity contribution in [2.75, 3.05) is 37.7 Å². The average molecular weight is 465 g/mol. The Morgan fingerprint density at radius 1 is 1.00 bits per heavy atom. The van der Waals surface area contributed by atoms with Crippen LogP contribution in [-0.2, 0) is 4.79 Å². The molecular formula is C26H29ClN4O2. The van der Waals surface area contributed by atoms with Crippen molar-refractivity contribution < 1.29 is 9.53 Å². The third kappa shape index (κ3) is 5.63. The van der Waals surface area contributed by atoms with E-state index in [4.69, 9.17) is 16.3 Å². The number of benzene rings is 2. The molecule has 1 aliphatic rings. The van der Waals surface area contributed by atoms with Gasteiger partial charge in [-0.3, -0.25) is 4.79 Å². The average Bonchev–Trinajstić information content (AvgIpc) is 2.83. The molecule has 0 atom stereocenters. The lowest BCUT2D eigenvalue weighted by Crippen LogP contribution is -2.50. The number of hydrogen-bond donors (Lipinski definition) is 0. The predicted octanol–water partition coefficient (Wildman–Crippen LogP) is 4.96. The first-order valence-corrected chi connectivity index (χ1v) is 11.6. The molecule has 0 saturated carbocycles. The second-order valence-electron chi connectivity index (χ2n) is 8.64. The van der Waals surface area contributed by atoms with E-state index in [2.05, 4.69) is 41.1 Å². The van der Waals surface area contributed by atoms with Gasteiger partial charge in [0.05, 0.1) is 5.69 Å². The van der Waals surface area contributed by atoms with E-state index < -0.39 is 0 Å². The van der Waals surface area contributed by atoms with Crippen LogP contribution >= 0.6 is 11.6 Å². The number of ether oxygens (including phenoxy) is 1. The summed E-state index contributed by atoms with van der Waals surface area (Å²) in [7, 11) is 0. The summed E-state index contributed by atoms with van der Waals surface area (Å²) >= 11 is 5.96. The highest BCUT2D eigenvalue weighted by Crippen LogP contribution is 2.27. The Labute approximate surface area is 200 Å². The van der Waals surface area contributed by atoms with E-state index in [1.54, 1.807) is 0 Å². The molecule has 6 nitrogen and oxygen atoms in total. The van der Waals surface area contributed by atoms with Crippen LogP contribution in [0.5, 0.6) is 5.75 Å². The number of hydrogen-bond acceptors (Lipinski definition) is 5. The fourth-order valence-electron chi connectivity index (χ4n) is 3.93. The molecule has 1 aliphatic heterocycles. The number of aromatic nitrogens is 2. The third-order valence-corrected chi connectivity index (χ3v) is 6.14. The van der Waals surface area contributed by atoms with Crippen LogP contribution in [0.1, 0.15) is 30.9 Å². The lowest BCUT2D eigenvalue weighted by Gasteiger charge is -2.35. The number of rotatable bonds is 6. The molecule has 0 spiro atoms. The third-order valence-electron chi connectivity index (χ3n) is 5.89. The molecule has 1 aromatic heterocycles. The zero-order valence-electron chi connectivity index (χ0n) is 19.3. The van der Waals surface area contributed by atoms with Gasteiger partial charge < -0.3 is 14.5 Å². The quantitative estimate of drug-likeness (QED) is 0.516. The maximum Gasteiger partial charge on any atom is 0.260 e. The predicted molar refractivity (Wildman–Crippen MR) is 132 cm³/mol. The first-order valence-electron chi connectivity index (χ1n) is 11.3. The Kier molecular flexibility index (Phi) is 7.14. The molecule has 33 heavy (non-hydrogen) atoms. The van der Waals surface area contributed by atoms with Crippen LogP contribution in [0.3, 0.4) is 0 Å². The van der Waals surface area contributed by atoms with Gasteiger partial charge >= 0.3 is 0 Å². The molecule has 4 rings (SSSR count). The van der Waals surface area contributed by atoms with E-state index in [0.29, 0.717) is 37.1 Å².